The van der Waals surface area contributed by atoms with E-state index >= 15 is 0 Å². The predicted molar refractivity (Wildman–Crippen MR) is 60.0 cm³/mol. The molecule has 0 N–H and O–H groups in total. The van der Waals surface area contributed by atoms with Gasteiger partial charge in [-0.05, 0) is 16.4 Å². The van der Waals surface area contributed by atoms with Crippen LogP contribution in [0.1, 0.15) is 19.8 Å². The number of nitro groups is 1. The first-order valence-corrected chi connectivity index (χ1v) is 5.34. The van der Waals surface area contributed by atoms with Gasteiger partial charge in [0.05, 0.1) is 6.61 Å². The Labute approximate surface area is 97.2 Å². The molecule has 2 aromatic heterocycles. The minimum atomic E-state index is -0.525. The van der Waals surface area contributed by atoms with Gasteiger partial charge in [-0.3, -0.25) is 0 Å². The van der Waals surface area contributed by atoms with Crippen LogP contribution in [0.2, 0.25) is 0 Å². The van der Waals surface area contributed by atoms with Crippen LogP contribution >= 0.6 is 0 Å². The molecule has 0 spiro atoms. The van der Waals surface area contributed by atoms with Crippen molar-refractivity contribution in [3.05, 3.63) is 28.4 Å². The molecule has 0 saturated carbocycles. The highest BCUT2D eigenvalue weighted by Gasteiger charge is 2.16. The van der Waals surface area contributed by atoms with E-state index in [9.17, 15) is 10.1 Å². The summed E-state index contributed by atoms with van der Waals surface area (Å²) in [5.74, 6) is 0.202. The highest BCUT2D eigenvalue weighted by atomic mass is 16.6. The Morgan fingerprint density at radius 3 is 3.06 bits per heavy atom. The molecule has 0 fully saturated rings. The van der Waals surface area contributed by atoms with Gasteiger partial charge < -0.3 is 14.9 Å². The van der Waals surface area contributed by atoms with Gasteiger partial charge in [0.15, 0.2) is 0 Å². The molecular formula is C10H12N4O3. The number of imidazole rings is 1. The molecule has 0 saturated heterocycles. The van der Waals surface area contributed by atoms with Crippen LogP contribution in [-0.2, 0) is 0 Å². The van der Waals surface area contributed by atoms with Gasteiger partial charge in [-0.15, -0.1) is 0 Å². The monoisotopic (exact) mass is 236 g/mol. The number of aromatic nitrogens is 3. The van der Waals surface area contributed by atoms with Crippen molar-refractivity contribution in [3.8, 4) is 5.88 Å². The summed E-state index contributed by atoms with van der Waals surface area (Å²) < 4.78 is 6.54. The summed E-state index contributed by atoms with van der Waals surface area (Å²) in [4.78, 5) is 14.1. The molecule has 2 aromatic rings. The molecule has 90 valence electrons. The second kappa shape index (κ2) is 4.77. The second-order valence-electron chi connectivity index (χ2n) is 3.52. The number of hydrogen-bond donors (Lipinski definition) is 0. The Hall–Kier alpha value is -2.18. The fourth-order valence-electron chi connectivity index (χ4n) is 1.37. The number of unbranched alkanes of at least 4 members (excludes halogenated alkanes) is 1. The van der Waals surface area contributed by atoms with E-state index in [1.807, 2.05) is 0 Å². The number of fused-ring (bicyclic) bond motifs is 1. The lowest BCUT2D eigenvalue weighted by molar-refractivity contribution is -0.391. The van der Waals surface area contributed by atoms with Crippen LogP contribution in [0.4, 0.5) is 5.82 Å². The lowest BCUT2D eigenvalue weighted by Crippen LogP contribution is -2.03. The van der Waals surface area contributed by atoms with Crippen molar-refractivity contribution in [1.29, 1.82) is 0 Å². The van der Waals surface area contributed by atoms with E-state index in [4.69, 9.17) is 4.74 Å². The molecule has 2 heterocycles. The van der Waals surface area contributed by atoms with Crippen molar-refractivity contribution in [2.45, 2.75) is 19.8 Å². The Kier molecular flexibility index (Phi) is 3.17. The van der Waals surface area contributed by atoms with Crippen LogP contribution in [0.3, 0.4) is 0 Å². The third-order valence-electron chi connectivity index (χ3n) is 2.25. The van der Waals surface area contributed by atoms with Gasteiger partial charge in [0.1, 0.15) is 6.20 Å². The number of ether oxygens (including phenoxy) is 1. The molecule has 0 amide bonds. The minimum Gasteiger partial charge on any atom is -0.475 e. The molecule has 7 nitrogen and oxygen atoms in total. The minimum absolute atomic E-state index is 0.166. The normalized spacial score (nSPS) is 10.6. The predicted octanol–water partition coefficient (Wildman–Crippen LogP) is 1.82. The molecule has 7 heteroatoms. The zero-order valence-corrected chi connectivity index (χ0v) is 9.37. The van der Waals surface area contributed by atoms with Gasteiger partial charge in [0.2, 0.25) is 5.65 Å². The maximum absolute atomic E-state index is 10.7. The second-order valence-corrected chi connectivity index (χ2v) is 3.52. The third kappa shape index (κ3) is 2.32. The zero-order chi connectivity index (χ0) is 12.3. The van der Waals surface area contributed by atoms with Crippen LogP contribution in [0.15, 0.2) is 18.3 Å². The van der Waals surface area contributed by atoms with Crippen molar-refractivity contribution in [2.75, 3.05) is 6.61 Å². The molecule has 0 atom stereocenters. The molecule has 0 radical (unpaired) electrons. The highest BCUT2D eigenvalue weighted by molar-refractivity contribution is 5.43. The van der Waals surface area contributed by atoms with E-state index in [1.54, 1.807) is 12.1 Å². The van der Waals surface area contributed by atoms with E-state index < -0.39 is 4.92 Å². The average Bonchev–Trinajstić information content (AvgIpc) is 2.72. The quantitative estimate of drug-likeness (QED) is 0.449. The number of hydrogen-bond acceptors (Lipinski definition) is 5. The largest absolute Gasteiger partial charge is 0.475 e. The van der Waals surface area contributed by atoms with Crippen LogP contribution in [0, 0.1) is 10.1 Å². The first-order valence-electron chi connectivity index (χ1n) is 5.34. The molecule has 0 unspecified atom stereocenters. The molecule has 0 aliphatic heterocycles. The van der Waals surface area contributed by atoms with Crippen LogP contribution < -0.4 is 4.74 Å². The average molecular weight is 236 g/mol. The fourth-order valence-corrected chi connectivity index (χ4v) is 1.37. The summed E-state index contributed by atoms with van der Waals surface area (Å²) in [6, 6.07) is 3.29. The summed E-state index contributed by atoms with van der Waals surface area (Å²) in [5, 5.41) is 14.7. The highest BCUT2D eigenvalue weighted by Crippen LogP contribution is 2.15. The van der Waals surface area contributed by atoms with Crippen LogP contribution in [0.25, 0.3) is 5.65 Å². The fraction of sp³-hybridized carbons (Fsp3) is 0.400. The van der Waals surface area contributed by atoms with Crippen molar-refractivity contribution in [2.24, 2.45) is 0 Å². The van der Waals surface area contributed by atoms with Gasteiger partial charge in [-0.25, -0.2) is 4.98 Å². The van der Waals surface area contributed by atoms with Gasteiger partial charge >= 0.3 is 5.82 Å². The molecule has 0 bridgehead atoms. The molecule has 2 rings (SSSR count). The summed E-state index contributed by atoms with van der Waals surface area (Å²) in [6.07, 6.45) is 3.12. The number of rotatable bonds is 5. The van der Waals surface area contributed by atoms with Crippen molar-refractivity contribution < 1.29 is 9.66 Å². The summed E-state index contributed by atoms with van der Waals surface area (Å²) in [5.41, 5.74) is 0.430. The van der Waals surface area contributed by atoms with E-state index in [0.29, 0.717) is 18.1 Å². The van der Waals surface area contributed by atoms with Crippen molar-refractivity contribution >= 4 is 11.5 Å². The van der Waals surface area contributed by atoms with Crippen molar-refractivity contribution in [3.63, 3.8) is 0 Å². The Morgan fingerprint density at radius 2 is 2.35 bits per heavy atom. The topological polar surface area (TPSA) is 82.6 Å². The lowest BCUT2D eigenvalue weighted by Gasteiger charge is -2.01. The van der Waals surface area contributed by atoms with Crippen LogP contribution in [-0.4, -0.2) is 26.1 Å². The van der Waals surface area contributed by atoms with Crippen LogP contribution in [0.5, 0.6) is 5.88 Å². The molecule has 0 aliphatic carbocycles. The van der Waals surface area contributed by atoms with Gasteiger partial charge in [-0.1, -0.05) is 17.9 Å². The molecule has 0 aliphatic rings. The Balaban J connectivity index is 2.28. The van der Waals surface area contributed by atoms with Crippen molar-refractivity contribution in [1.82, 2.24) is 14.6 Å². The Bertz CT molecular complexity index is 537. The SMILES string of the molecule is CCCCOc1ccc2ncc([N+](=O)[O-])n2n1. The first-order chi connectivity index (χ1) is 8.22. The lowest BCUT2D eigenvalue weighted by atomic mass is 10.4. The maximum atomic E-state index is 10.7. The summed E-state index contributed by atoms with van der Waals surface area (Å²) in [7, 11) is 0. The van der Waals surface area contributed by atoms with Gasteiger partial charge in [0.25, 0.3) is 5.88 Å². The van der Waals surface area contributed by atoms with E-state index in [2.05, 4.69) is 17.0 Å². The van der Waals surface area contributed by atoms with Gasteiger partial charge in [0, 0.05) is 12.1 Å². The zero-order valence-electron chi connectivity index (χ0n) is 9.37. The maximum Gasteiger partial charge on any atom is 0.368 e. The summed E-state index contributed by atoms with van der Waals surface area (Å²) >= 11 is 0. The van der Waals surface area contributed by atoms with E-state index in [1.165, 1.54) is 10.7 Å². The van der Waals surface area contributed by atoms with Gasteiger partial charge in [-0.2, -0.15) is 0 Å². The van der Waals surface area contributed by atoms with E-state index in [-0.39, 0.29) is 5.82 Å². The first kappa shape index (κ1) is 11.3. The van der Waals surface area contributed by atoms with E-state index in [0.717, 1.165) is 12.8 Å². The standard InChI is InChI=1S/C10H12N4O3/c1-2-3-6-17-9-5-4-8-11-7-10(14(15)16)13(8)12-9/h4-5,7H,2-3,6H2,1H3. The third-order valence-corrected chi connectivity index (χ3v) is 2.25. The smallest absolute Gasteiger partial charge is 0.368 e. The summed E-state index contributed by atoms with van der Waals surface area (Å²) in [6.45, 7) is 2.61. The molecule has 0 aromatic carbocycles. The Morgan fingerprint density at radius 1 is 1.53 bits per heavy atom. The number of nitrogens with zero attached hydrogens (tertiary/aromatic N) is 4. The molecule has 17 heavy (non-hydrogen) atoms. The molecular weight excluding hydrogens is 224 g/mol.